The van der Waals surface area contributed by atoms with Crippen molar-refractivity contribution >= 4 is 5.91 Å². The van der Waals surface area contributed by atoms with Crippen molar-refractivity contribution in [1.82, 2.24) is 10.2 Å². The van der Waals surface area contributed by atoms with Crippen LogP contribution in [0.2, 0.25) is 0 Å². The van der Waals surface area contributed by atoms with Crippen molar-refractivity contribution in [3.05, 3.63) is 35.4 Å². The molecule has 0 bridgehead atoms. The van der Waals surface area contributed by atoms with Crippen LogP contribution in [0.25, 0.3) is 0 Å². The molecule has 1 aromatic carbocycles. The Hall–Kier alpha value is -1.39. The normalized spacial score (nSPS) is 14.6. The highest BCUT2D eigenvalue weighted by Gasteiger charge is 2.22. The monoisotopic (exact) mass is 262 g/mol. The Morgan fingerprint density at radius 3 is 3.00 bits per heavy atom. The average molecular weight is 262 g/mol. The predicted octanol–water partition coefficient (Wildman–Crippen LogP) is 1.31. The van der Waals surface area contributed by atoms with Crippen LogP contribution < -0.4 is 5.32 Å². The third kappa shape index (κ3) is 3.78. The number of carbonyl (C=O) groups is 1. The fraction of sp³-hybridized carbons (Fsp3) is 0.533. The van der Waals surface area contributed by atoms with E-state index in [1.54, 1.807) is 7.11 Å². The number of nitrogens with zero attached hydrogens (tertiary/aromatic N) is 1. The molecule has 0 atom stereocenters. The molecule has 0 saturated heterocycles. The molecule has 1 aromatic rings. The quantitative estimate of drug-likeness (QED) is 0.753. The van der Waals surface area contributed by atoms with Crippen molar-refractivity contribution in [2.75, 3.05) is 39.9 Å². The average Bonchev–Trinajstić information content (AvgIpc) is 2.45. The van der Waals surface area contributed by atoms with Crippen LogP contribution in [0.4, 0.5) is 0 Å². The Kier molecular flexibility index (Phi) is 5.36. The van der Waals surface area contributed by atoms with E-state index in [9.17, 15) is 4.79 Å². The van der Waals surface area contributed by atoms with E-state index in [-0.39, 0.29) is 5.91 Å². The number of methoxy groups -OCH3 is 1. The van der Waals surface area contributed by atoms with Crippen LogP contribution in [0.3, 0.4) is 0 Å². The van der Waals surface area contributed by atoms with Crippen LogP contribution in [-0.4, -0.2) is 50.7 Å². The minimum absolute atomic E-state index is 0.179. The lowest BCUT2D eigenvalue weighted by molar-refractivity contribution is 0.0737. The molecule has 1 aliphatic rings. The van der Waals surface area contributed by atoms with Gasteiger partial charge in [0.1, 0.15) is 0 Å². The summed E-state index contributed by atoms with van der Waals surface area (Å²) in [6, 6.07) is 7.92. The largest absolute Gasteiger partial charge is 0.383 e. The molecule has 1 N–H and O–H groups in total. The van der Waals surface area contributed by atoms with Gasteiger partial charge < -0.3 is 15.0 Å². The van der Waals surface area contributed by atoms with Gasteiger partial charge >= 0.3 is 0 Å². The van der Waals surface area contributed by atoms with Crippen LogP contribution in [0.1, 0.15) is 22.3 Å². The molecule has 4 nitrogen and oxygen atoms in total. The van der Waals surface area contributed by atoms with Crippen LogP contribution in [0.15, 0.2) is 24.3 Å². The smallest absolute Gasteiger partial charge is 0.254 e. The highest BCUT2D eigenvalue weighted by molar-refractivity contribution is 5.96. The molecule has 104 valence electrons. The molecular weight excluding hydrogens is 240 g/mol. The van der Waals surface area contributed by atoms with E-state index >= 15 is 0 Å². The second kappa shape index (κ2) is 7.26. The lowest BCUT2D eigenvalue weighted by Crippen LogP contribution is -2.39. The van der Waals surface area contributed by atoms with E-state index in [2.05, 4.69) is 11.4 Å². The van der Waals surface area contributed by atoms with E-state index in [1.165, 1.54) is 5.56 Å². The van der Waals surface area contributed by atoms with Gasteiger partial charge in [0, 0.05) is 32.3 Å². The van der Waals surface area contributed by atoms with E-state index < -0.39 is 0 Å². The van der Waals surface area contributed by atoms with E-state index in [1.807, 2.05) is 23.1 Å². The summed E-state index contributed by atoms with van der Waals surface area (Å²) in [5.41, 5.74) is 2.06. The number of ether oxygens (including phenoxy) is 1. The molecular formula is C15H22N2O2. The minimum atomic E-state index is 0.179. The maximum Gasteiger partial charge on any atom is 0.254 e. The number of hydrogen-bond acceptors (Lipinski definition) is 3. The highest BCUT2D eigenvalue weighted by atomic mass is 16.5. The van der Waals surface area contributed by atoms with Gasteiger partial charge in [-0.25, -0.2) is 0 Å². The highest BCUT2D eigenvalue weighted by Crippen LogP contribution is 2.18. The summed E-state index contributed by atoms with van der Waals surface area (Å²) in [4.78, 5) is 14.2. The zero-order chi connectivity index (χ0) is 13.5. The molecule has 1 aliphatic heterocycles. The standard InChI is InChI=1S/C15H22N2O2/c1-19-12-9-16-8-4-10-17-11-7-13-5-2-3-6-14(13)15(17)18/h2-3,5-6,16H,4,7-12H2,1H3. The Bertz CT molecular complexity index is 420. The van der Waals surface area contributed by atoms with Crippen molar-refractivity contribution in [1.29, 1.82) is 0 Å². The summed E-state index contributed by atoms with van der Waals surface area (Å²) in [7, 11) is 1.70. The van der Waals surface area contributed by atoms with Crippen LogP contribution in [-0.2, 0) is 11.2 Å². The van der Waals surface area contributed by atoms with Crippen molar-refractivity contribution in [2.45, 2.75) is 12.8 Å². The number of hydrogen-bond donors (Lipinski definition) is 1. The fourth-order valence-electron chi connectivity index (χ4n) is 2.38. The SMILES string of the molecule is COCCNCCCN1CCc2ccccc2C1=O. The van der Waals surface area contributed by atoms with Crippen LogP contribution >= 0.6 is 0 Å². The van der Waals surface area contributed by atoms with Crippen molar-refractivity contribution in [3.63, 3.8) is 0 Å². The molecule has 2 rings (SSSR count). The predicted molar refractivity (Wildman–Crippen MR) is 75.4 cm³/mol. The zero-order valence-corrected chi connectivity index (χ0v) is 11.5. The molecule has 0 aromatic heterocycles. The van der Waals surface area contributed by atoms with Gasteiger partial charge in [0.05, 0.1) is 6.61 Å². The zero-order valence-electron chi connectivity index (χ0n) is 11.5. The molecule has 0 fully saturated rings. The Morgan fingerprint density at radius 2 is 2.16 bits per heavy atom. The maximum atomic E-state index is 12.3. The van der Waals surface area contributed by atoms with E-state index in [0.717, 1.165) is 51.2 Å². The van der Waals surface area contributed by atoms with Gasteiger partial charge in [-0.3, -0.25) is 4.79 Å². The maximum absolute atomic E-state index is 12.3. The first-order valence-electron chi connectivity index (χ1n) is 6.90. The van der Waals surface area contributed by atoms with Crippen molar-refractivity contribution < 1.29 is 9.53 Å². The van der Waals surface area contributed by atoms with Crippen LogP contribution in [0, 0.1) is 0 Å². The summed E-state index contributed by atoms with van der Waals surface area (Å²) in [6.45, 7) is 4.19. The second-order valence-corrected chi connectivity index (χ2v) is 4.80. The first-order valence-corrected chi connectivity index (χ1v) is 6.90. The molecule has 1 amide bonds. The number of nitrogens with one attached hydrogen (secondary N) is 1. The Labute approximate surface area is 114 Å². The van der Waals surface area contributed by atoms with Gasteiger partial charge in [-0.05, 0) is 31.0 Å². The fourth-order valence-corrected chi connectivity index (χ4v) is 2.38. The van der Waals surface area contributed by atoms with E-state index in [0.29, 0.717) is 0 Å². The third-order valence-corrected chi connectivity index (χ3v) is 3.45. The van der Waals surface area contributed by atoms with Gasteiger partial charge in [-0.1, -0.05) is 18.2 Å². The molecule has 19 heavy (non-hydrogen) atoms. The number of carbonyl (C=O) groups excluding carboxylic acids is 1. The third-order valence-electron chi connectivity index (χ3n) is 3.45. The summed E-state index contributed by atoms with van der Waals surface area (Å²) < 4.78 is 4.97. The van der Waals surface area contributed by atoms with Gasteiger partial charge in [0.15, 0.2) is 0 Å². The van der Waals surface area contributed by atoms with Gasteiger partial charge in [-0.15, -0.1) is 0 Å². The first-order chi connectivity index (χ1) is 9.33. The molecule has 0 saturated carbocycles. The van der Waals surface area contributed by atoms with Crippen molar-refractivity contribution in [3.8, 4) is 0 Å². The lowest BCUT2D eigenvalue weighted by Gasteiger charge is -2.28. The molecule has 4 heteroatoms. The lowest BCUT2D eigenvalue weighted by atomic mass is 9.99. The van der Waals surface area contributed by atoms with Gasteiger partial charge in [0.2, 0.25) is 0 Å². The topological polar surface area (TPSA) is 41.6 Å². The molecule has 1 heterocycles. The number of amides is 1. The number of fused-ring (bicyclic) bond motifs is 1. The molecule has 0 radical (unpaired) electrons. The first kappa shape index (κ1) is 14.0. The van der Waals surface area contributed by atoms with Gasteiger partial charge in [-0.2, -0.15) is 0 Å². The summed E-state index contributed by atoms with van der Waals surface area (Å²) in [5, 5.41) is 3.30. The summed E-state index contributed by atoms with van der Waals surface area (Å²) in [5.74, 6) is 0.179. The Morgan fingerprint density at radius 1 is 1.32 bits per heavy atom. The second-order valence-electron chi connectivity index (χ2n) is 4.80. The molecule has 0 spiro atoms. The minimum Gasteiger partial charge on any atom is -0.383 e. The summed E-state index contributed by atoms with van der Waals surface area (Å²) in [6.07, 6.45) is 1.95. The van der Waals surface area contributed by atoms with E-state index in [4.69, 9.17) is 4.74 Å². The number of benzene rings is 1. The Balaban J connectivity index is 1.76. The number of rotatable bonds is 7. The summed E-state index contributed by atoms with van der Waals surface area (Å²) >= 11 is 0. The molecule has 0 unspecified atom stereocenters. The van der Waals surface area contributed by atoms with Crippen LogP contribution in [0.5, 0.6) is 0 Å². The van der Waals surface area contributed by atoms with Crippen molar-refractivity contribution in [2.24, 2.45) is 0 Å². The molecule has 0 aliphatic carbocycles. The van der Waals surface area contributed by atoms with Gasteiger partial charge in [0.25, 0.3) is 5.91 Å².